The number of hydrogen-bond donors (Lipinski definition) is 0. The number of carbonyl (C=O) groups is 1. The Morgan fingerprint density at radius 2 is 2.06 bits per heavy atom. The maximum Gasteiger partial charge on any atom is 0.255 e. The number of aryl methyl sites for hydroxylation is 1. The summed E-state index contributed by atoms with van der Waals surface area (Å²) in [5.74, 6) is 0.414. The first kappa shape index (κ1) is 15.3. The van der Waals surface area contributed by atoms with Crippen LogP contribution in [-0.4, -0.2) is 29.8 Å². The second-order valence-corrected chi connectivity index (χ2v) is 5.03. The van der Waals surface area contributed by atoms with Crippen LogP contribution in [0.15, 0.2) is 18.2 Å². The van der Waals surface area contributed by atoms with Crippen molar-refractivity contribution in [3.63, 3.8) is 0 Å². The lowest BCUT2D eigenvalue weighted by molar-refractivity contribution is 0.0763. The van der Waals surface area contributed by atoms with E-state index in [-0.39, 0.29) is 5.91 Å². The maximum absolute atomic E-state index is 12.4. The summed E-state index contributed by atoms with van der Waals surface area (Å²) in [5, 5.41) is 0.540. The van der Waals surface area contributed by atoms with Gasteiger partial charge in [0.15, 0.2) is 0 Å². The summed E-state index contributed by atoms with van der Waals surface area (Å²) in [6.07, 6.45) is 2.03. The average molecular weight is 288 g/mol. The minimum Gasteiger partial charge on any atom is -0.337 e. The van der Waals surface area contributed by atoms with Crippen LogP contribution in [0.2, 0.25) is 5.02 Å². The molecule has 1 amide bonds. The first-order valence-corrected chi connectivity index (χ1v) is 7.13. The smallest absolute Gasteiger partial charge is 0.255 e. The Hall–Kier alpha value is -0.730. The van der Waals surface area contributed by atoms with Crippen LogP contribution in [0.25, 0.3) is 0 Å². The Bertz CT molecular complexity index is 407. The summed E-state index contributed by atoms with van der Waals surface area (Å²) < 4.78 is 0. The number of alkyl halides is 1. The number of amides is 1. The van der Waals surface area contributed by atoms with Gasteiger partial charge in [0.1, 0.15) is 0 Å². The summed E-state index contributed by atoms with van der Waals surface area (Å²) >= 11 is 11.9. The summed E-state index contributed by atoms with van der Waals surface area (Å²) in [4.78, 5) is 14.2. The molecule has 2 nitrogen and oxygen atoms in total. The molecule has 1 aromatic rings. The summed E-state index contributed by atoms with van der Waals surface area (Å²) in [7, 11) is 0. The highest BCUT2D eigenvalue weighted by molar-refractivity contribution is 6.34. The molecular formula is C14H19Cl2NO. The van der Waals surface area contributed by atoms with Gasteiger partial charge >= 0.3 is 0 Å². The number of rotatable bonds is 6. The number of carbonyl (C=O) groups excluding carboxylic acids is 1. The molecule has 0 N–H and O–H groups in total. The van der Waals surface area contributed by atoms with Gasteiger partial charge in [-0.15, -0.1) is 11.6 Å². The van der Waals surface area contributed by atoms with Gasteiger partial charge in [0.25, 0.3) is 5.91 Å². The quantitative estimate of drug-likeness (QED) is 0.721. The Balaban J connectivity index is 2.90. The molecule has 0 unspecified atom stereocenters. The fourth-order valence-corrected chi connectivity index (χ4v) is 2.16. The van der Waals surface area contributed by atoms with Crippen LogP contribution in [0.3, 0.4) is 0 Å². The Morgan fingerprint density at radius 3 is 2.67 bits per heavy atom. The molecule has 100 valence electrons. The molecule has 0 atom stereocenters. The van der Waals surface area contributed by atoms with Crippen molar-refractivity contribution in [2.75, 3.05) is 19.0 Å². The van der Waals surface area contributed by atoms with Gasteiger partial charge in [-0.2, -0.15) is 0 Å². The zero-order valence-corrected chi connectivity index (χ0v) is 12.4. The van der Waals surface area contributed by atoms with Crippen LogP contribution < -0.4 is 0 Å². The third kappa shape index (κ3) is 3.89. The van der Waals surface area contributed by atoms with Crippen molar-refractivity contribution in [3.8, 4) is 0 Å². The van der Waals surface area contributed by atoms with E-state index in [1.165, 1.54) is 0 Å². The van der Waals surface area contributed by atoms with Crippen molar-refractivity contribution in [1.29, 1.82) is 0 Å². The normalized spacial score (nSPS) is 10.4. The van der Waals surface area contributed by atoms with Crippen molar-refractivity contribution in [1.82, 2.24) is 4.90 Å². The van der Waals surface area contributed by atoms with Crippen LogP contribution in [0.5, 0.6) is 0 Å². The molecule has 1 rings (SSSR count). The highest BCUT2D eigenvalue weighted by atomic mass is 35.5. The molecule has 0 aromatic heterocycles. The van der Waals surface area contributed by atoms with E-state index in [0.29, 0.717) is 23.0 Å². The number of halogens is 2. The number of benzene rings is 1. The lowest BCUT2D eigenvalue weighted by Crippen LogP contribution is -2.33. The van der Waals surface area contributed by atoms with Crippen molar-refractivity contribution in [2.45, 2.75) is 26.7 Å². The fourth-order valence-electron chi connectivity index (χ4n) is 1.75. The van der Waals surface area contributed by atoms with E-state index in [1.807, 2.05) is 19.1 Å². The Labute approximate surface area is 119 Å². The Morgan fingerprint density at radius 1 is 1.33 bits per heavy atom. The van der Waals surface area contributed by atoms with Crippen LogP contribution >= 0.6 is 23.2 Å². The minimum absolute atomic E-state index is 0.0298. The fraction of sp³-hybridized carbons (Fsp3) is 0.500. The Kier molecular flexibility index (Phi) is 6.51. The monoisotopic (exact) mass is 287 g/mol. The van der Waals surface area contributed by atoms with Gasteiger partial charge < -0.3 is 4.90 Å². The van der Waals surface area contributed by atoms with Gasteiger partial charge in [-0.3, -0.25) is 4.79 Å². The van der Waals surface area contributed by atoms with E-state index in [9.17, 15) is 4.79 Å². The number of nitrogens with zero attached hydrogens (tertiary/aromatic N) is 1. The van der Waals surface area contributed by atoms with Gasteiger partial charge in [-0.05, 0) is 25.0 Å². The van der Waals surface area contributed by atoms with Gasteiger partial charge in [0.2, 0.25) is 0 Å². The SMILES string of the molecule is CCCCN(CCCl)C(=O)c1cccc(C)c1Cl. The average Bonchev–Trinajstić information content (AvgIpc) is 2.37. The van der Waals surface area contributed by atoms with E-state index in [1.54, 1.807) is 11.0 Å². The molecule has 0 bridgehead atoms. The van der Waals surface area contributed by atoms with E-state index < -0.39 is 0 Å². The topological polar surface area (TPSA) is 20.3 Å². The molecule has 18 heavy (non-hydrogen) atoms. The second kappa shape index (κ2) is 7.65. The first-order chi connectivity index (χ1) is 8.61. The van der Waals surface area contributed by atoms with Crippen molar-refractivity contribution in [3.05, 3.63) is 34.3 Å². The van der Waals surface area contributed by atoms with Gasteiger partial charge in [0.05, 0.1) is 10.6 Å². The molecule has 0 saturated heterocycles. The van der Waals surface area contributed by atoms with E-state index in [0.717, 1.165) is 24.9 Å². The molecular weight excluding hydrogens is 269 g/mol. The second-order valence-electron chi connectivity index (χ2n) is 4.27. The predicted octanol–water partition coefficient (Wildman–Crippen LogP) is 4.13. The standard InChI is InChI=1S/C14H19Cl2NO/c1-3-4-9-17(10-8-15)14(18)12-7-5-6-11(2)13(12)16/h5-7H,3-4,8-10H2,1-2H3. The molecule has 0 spiro atoms. The third-order valence-electron chi connectivity index (χ3n) is 2.85. The van der Waals surface area contributed by atoms with Crippen LogP contribution in [-0.2, 0) is 0 Å². The molecule has 0 aliphatic rings. The number of unbranched alkanes of at least 4 members (excludes halogenated alkanes) is 1. The first-order valence-electron chi connectivity index (χ1n) is 6.22. The predicted molar refractivity (Wildman–Crippen MR) is 77.7 cm³/mol. The molecule has 0 fully saturated rings. The zero-order chi connectivity index (χ0) is 13.5. The van der Waals surface area contributed by atoms with Crippen molar-refractivity contribution >= 4 is 29.1 Å². The lowest BCUT2D eigenvalue weighted by atomic mass is 10.1. The van der Waals surface area contributed by atoms with Crippen molar-refractivity contribution < 1.29 is 4.79 Å². The molecule has 1 aromatic carbocycles. The maximum atomic E-state index is 12.4. The number of hydrogen-bond acceptors (Lipinski definition) is 1. The van der Waals surface area contributed by atoms with Crippen molar-refractivity contribution in [2.24, 2.45) is 0 Å². The lowest BCUT2D eigenvalue weighted by Gasteiger charge is -2.22. The molecule has 0 saturated carbocycles. The molecule has 4 heteroatoms. The molecule has 0 aliphatic heterocycles. The van der Waals surface area contributed by atoms with Crippen LogP contribution in [0, 0.1) is 6.92 Å². The summed E-state index contributed by atoms with van der Waals surface area (Å²) in [6.45, 7) is 5.29. The van der Waals surface area contributed by atoms with Crippen LogP contribution in [0.4, 0.5) is 0 Å². The van der Waals surface area contributed by atoms with E-state index in [4.69, 9.17) is 23.2 Å². The van der Waals surface area contributed by atoms with E-state index in [2.05, 4.69) is 6.92 Å². The van der Waals surface area contributed by atoms with Gasteiger partial charge in [-0.1, -0.05) is 37.1 Å². The summed E-state index contributed by atoms with van der Waals surface area (Å²) in [5.41, 5.74) is 1.49. The third-order valence-corrected chi connectivity index (χ3v) is 3.52. The van der Waals surface area contributed by atoms with Gasteiger partial charge in [0, 0.05) is 19.0 Å². The highest BCUT2D eigenvalue weighted by Gasteiger charge is 2.18. The van der Waals surface area contributed by atoms with E-state index >= 15 is 0 Å². The van der Waals surface area contributed by atoms with Gasteiger partial charge in [-0.25, -0.2) is 0 Å². The summed E-state index contributed by atoms with van der Waals surface area (Å²) in [6, 6.07) is 5.52. The highest BCUT2D eigenvalue weighted by Crippen LogP contribution is 2.22. The minimum atomic E-state index is -0.0298. The zero-order valence-electron chi connectivity index (χ0n) is 10.9. The molecule has 0 heterocycles. The largest absolute Gasteiger partial charge is 0.337 e. The molecule has 0 radical (unpaired) electrons. The molecule has 0 aliphatic carbocycles. The van der Waals surface area contributed by atoms with Crippen LogP contribution in [0.1, 0.15) is 35.7 Å².